The maximum atomic E-state index is 6.06. The van der Waals surface area contributed by atoms with E-state index in [4.69, 9.17) is 9.72 Å². The predicted octanol–water partition coefficient (Wildman–Crippen LogP) is 2.82. The lowest BCUT2D eigenvalue weighted by atomic mass is 9.98. The van der Waals surface area contributed by atoms with E-state index in [0.29, 0.717) is 6.61 Å². The molecule has 6 heteroatoms. The first-order chi connectivity index (χ1) is 13.7. The predicted molar refractivity (Wildman–Crippen MR) is 108 cm³/mol. The van der Waals surface area contributed by atoms with Gasteiger partial charge in [0.1, 0.15) is 12.4 Å². The minimum atomic E-state index is 0.546. The fourth-order valence-electron chi connectivity index (χ4n) is 5.01. The molecule has 6 nitrogen and oxygen atoms in total. The van der Waals surface area contributed by atoms with Crippen LogP contribution in [0.2, 0.25) is 0 Å². The fraction of sp³-hybridized carbons (Fsp3) is 0.364. The van der Waals surface area contributed by atoms with E-state index in [2.05, 4.69) is 52.3 Å². The molecule has 0 saturated carbocycles. The largest absolute Gasteiger partial charge is 0.472 e. The first-order valence-electron chi connectivity index (χ1n) is 9.95. The highest BCUT2D eigenvalue weighted by Gasteiger charge is 2.39. The zero-order chi connectivity index (χ0) is 18.7. The van der Waals surface area contributed by atoms with Gasteiger partial charge in [0.05, 0.1) is 5.69 Å². The molecule has 0 spiro atoms. The van der Waals surface area contributed by atoms with Crippen LogP contribution in [0.25, 0.3) is 16.8 Å². The molecule has 0 N–H and O–H groups in total. The van der Waals surface area contributed by atoms with Crippen LogP contribution in [0, 0.1) is 11.8 Å². The Morgan fingerprint density at radius 1 is 1.00 bits per heavy atom. The summed E-state index contributed by atoms with van der Waals surface area (Å²) in [5, 5.41) is 4.32. The van der Waals surface area contributed by atoms with Crippen molar-refractivity contribution in [3.63, 3.8) is 0 Å². The standard InChI is InChI=1S/C22H23N5O/c1-25-10-16-12-26(13-17(16)11-25)21-6-5-20-19-4-3-18(27-8-2-7-23-27)9-15(19)14-28-22(20)24-21/h2-9,16-17H,10-14H2,1H3. The Kier molecular flexibility index (Phi) is 3.50. The fourth-order valence-corrected chi connectivity index (χ4v) is 5.01. The molecule has 0 aliphatic carbocycles. The van der Waals surface area contributed by atoms with Crippen LogP contribution in [-0.2, 0) is 6.61 Å². The number of pyridine rings is 1. The maximum Gasteiger partial charge on any atom is 0.223 e. The average Bonchev–Trinajstić information content (AvgIpc) is 3.43. The van der Waals surface area contributed by atoms with Gasteiger partial charge in [-0.15, -0.1) is 0 Å². The van der Waals surface area contributed by atoms with Gasteiger partial charge in [-0.2, -0.15) is 10.1 Å². The molecular weight excluding hydrogens is 350 g/mol. The zero-order valence-corrected chi connectivity index (χ0v) is 16.0. The van der Waals surface area contributed by atoms with Crippen molar-refractivity contribution in [1.29, 1.82) is 0 Å². The molecule has 2 saturated heterocycles. The maximum absolute atomic E-state index is 6.06. The van der Waals surface area contributed by atoms with E-state index in [1.807, 2.05) is 16.9 Å². The SMILES string of the molecule is CN1CC2CN(c3ccc4c(n3)OCc3cc(-n5cccn5)ccc3-4)CC2C1. The number of fused-ring (bicyclic) bond motifs is 4. The second kappa shape index (κ2) is 6.07. The Hall–Kier alpha value is -2.86. The Bertz CT molecular complexity index is 1020. The lowest BCUT2D eigenvalue weighted by Gasteiger charge is -2.24. The number of likely N-dealkylation sites (tertiary alicyclic amines) is 1. The van der Waals surface area contributed by atoms with Gasteiger partial charge in [-0.25, -0.2) is 4.68 Å². The van der Waals surface area contributed by atoms with E-state index in [-0.39, 0.29) is 0 Å². The van der Waals surface area contributed by atoms with Gasteiger partial charge in [-0.1, -0.05) is 6.07 Å². The molecule has 3 aromatic rings. The average molecular weight is 373 g/mol. The number of hydrogen-bond donors (Lipinski definition) is 0. The van der Waals surface area contributed by atoms with Crippen molar-refractivity contribution < 1.29 is 4.74 Å². The van der Waals surface area contributed by atoms with Crippen molar-refractivity contribution in [3.05, 3.63) is 54.4 Å². The molecule has 2 atom stereocenters. The Labute approximate surface area is 164 Å². The molecule has 3 aliphatic rings. The molecule has 142 valence electrons. The van der Waals surface area contributed by atoms with E-state index < -0.39 is 0 Å². The van der Waals surface area contributed by atoms with Gasteiger partial charge in [-0.05, 0) is 60.3 Å². The highest BCUT2D eigenvalue weighted by Crippen LogP contribution is 2.40. The first-order valence-corrected chi connectivity index (χ1v) is 9.95. The third-order valence-electron chi connectivity index (χ3n) is 6.35. The van der Waals surface area contributed by atoms with E-state index in [9.17, 15) is 0 Å². The minimum Gasteiger partial charge on any atom is -0.472 e. The first kappa shape index (κ1) is 16.1. The summed E-state index contributed by atoms with van der Waals surface area (Å²) in [7, 11) is 2.23. The minimum absolute atomic E-state index is 0.546. The molecule has 6 rings (SSSR count). The Morgan fingerprint density at radius 2 is 1.82 bits per heavy atom. The van der Waals surface area contributed by atoms with E-state index >= 15 is 0 Å². The molecule has 3 aliphatic heterocycles. The van der Waals surface area contributed by atoms with Crippen LogP contribution in [-0.4, -0.2) is 52.9 Å². The van der Waals surface area contributed by atoms with Crippen LogP contribution >= 0.6 is 0 Å². The normalized spacial score (nSPS) is 23.2. The van der Waals surface area contributed by atoms with Crippen LogP contribution < -0.4 is 9.64 Å². The van der Waals surface area contributed by atoms with Gasteiger partial charge in [0.25, 0.3) is 0 Å². The van der Waals surface area contributed by atoms with Crippen LogP contribution in [0.1, 0.15) is 5.56 Å². The molecule has 1 aromatic carbocycles. The summed E-state index contributed by atoms with van der Waals surface area (Å²) in [5.41, 5.74) is 4.51. The third kappa shape index (κ3) is 2.52. The summed E-state index contributed by atoms with van der Waals surface area (Å²) in [4.78, 5) is 9.77. The number of ether oxygens (including phenoxy) is 1. The van der Waals surface area contributed by atoms with Gasteiger partial charge < -0.3 is 14.5 Å². The van der Waals surface area contributed by atoms with Crippen molar-refractivity contribution >= 4 is 5.82 Å². The molecule has 2 aromatic heterocycles. The Morgan fingerprint density at radius 3 is 2.61 bits per heavy atom. The lowest BCUT2D eigenvalue weighted by Crippen LogP contribution is -2.27. The number of hydrogen-bond acceptors (Lipinski definition) is 5. The molecular formula is C22H23N5O. The van der Waals surface area contributed by atoms with Crippen LogP contribution in [0.15, 0.2) is 48.8 Å². The summed E-state index contributed by atoms with van der Waals surface area (Å²) in [5.74, 6) is 3.34. The molecule has 2 unspecified atom stereocenters. The second-order valence-electron chi connectivity index (χ2n) is 8.25. The highest BCUT2D eigenvalue weighted by atomic mass is 16.5. The summed E-state index contributed by atoms with van der Waals surface area (Å²) < 4.78 is 7.93. The van der Waals surface area contributed by atoms with Crippen LogP contribution in [0.5, 0.6) is 5.88 Å². The van der Waals surface area contributed by atoms with Crippen molar-refractivity contribution in [3.8, 4) is 22.7 Å². The van der Waals surface area contributed by atoms with Crippen molar-refractivity contribution in [1.82, 2.24) is 19.7 Å². The second-order valence-corrected chi connectivity index (χ2v) is 8.25. The number of aromatic nitrogens is 3. The third-order valence-corrected chi connectivity index (χ3v) is 6.35. The summed E-state index contributed by atoms with van der Waals surface area (Å²) in [6.45, 7) is 5.16. The van der Waals surface area contributed by atoms with Crippen molar-refractivity contribution in [2.75, 3.05) is 38.1 Å². The molecule has 2 fully saturated rings. The van der Waals surface area contributed by atoms with Gasteiger partial charge in [0.2, 0.25) is 5.88 Å². The van der Waals surface area contributed by atoms with Crippen molar-refractivity contribution in [2.45, 2.75) is 6.61 Å². The van der Waals surface area contributed by atoms with E-state index in [1.54, 1.807) is 6.20 Å². The van der Waals surface area contributed by atoms with Gasteiger partial charge in [0.15, 0.2) is 0 Å². The molecule has 5 heterocycles. The quantitative estimate of drug-likeness (QED) is 0.691. The summed E-state index contributed by atoms with van der Waals surface area (Å²) in [6, 6.07) is 12.7. The van der Waals surface area contributed by atoms with Gasteiger partial charge >= 0.3 is 0 Å². The van der Waals surface area contributed by atoms with Crippen LogP contribution in [0.3, 0.4) is 0 Å². The number of benzene rings is 1. The number of rotatable bonds is 2. The summed E-state index contributed by atoms with van der Waals surface area (Å²) in [6.07, 6.45) is 3.75. The van der Waals surface area contributed by atoms with E-state index in [1.165, 1.54) is 24.2 Å². The Balaban J connectivity index is 1.29. The molecule has 28 heavy (non-hydrogen) atoms. The monoisotopic (exact) mass is 373 g/mol. The summed E-state index contributed by atoms with van der Waals surface area (Å²) >= 11 is 0. The molecule has 0 amide bonds. The van der Waals surface area contributed by atoms with Crippen LogP contribution in [0.4, 0.5) is 5.82 Å². The number of anilines is 1. The van der Waals surface area contributed by atoms with Gasteiger partial charge in [-0.3, -0.25) is 0 Å². The zero-order valence-electron chi connectivity index (χ0n) is 16.0. The smallest absolute Gasteiger partial charge is 0.223 e. The van der Waals surface area contributed by atoms with E-state index in [0.717, 1.165) is 47.9 Å². The molecule has 0 bridgehead atoms. The number of nitrogens with zero attached hydrogens (tertiary/aromatic N) is 5. The molecule has 0 radical (unpaired) electrons. The lowest BCUT2D eigenvalue weighted by molar-refractivity contribution is 0.290. The highest BCUT2D eigenvalue weighted by molar-refractivity contribution is 5.75. The topological polar surface area (TPSA) is 46.4 Å². The van der Waals surface area contributed by atoms with Crippen molar-refractivity contribution in [2.24, 2.45) is 11.8 Å². The van der Waals surface area contributed by atoms with Gasteiger partial charge in [0, 0.05) is 44.1 Å².